The van der Waals surface area contributed by atoms with E-state index in [4.69, 9.17) is 5.11 Å². The third-order valence-electron chi connectivity index (χ3n) is 4.06. The number of carboxylic acid groups (broad SMARTS) is 1. The first-order valence-electron chi connectivity index (χ1n) is 6.10. The second-order valence-corrected chi connectivity index (χ2v) is 5.28. The largest absolute Gasteiger partial charge is 0.480 e. The van der Waals surface area contributed by atoms with E-state index in [2.05, 4.69) is 0 Å². The van der Waals surface area contributed by atoms with Gasteiger partial charge in [0.1, 0.15) is 6.04 Å². The van der Waals surface area contributed by atoms with Crippen LogP contribution in [0.4, 0.5) is 0 Å². The predicted molar refractivity (Wildman–Crippen MR) is 58.7 cm³/mol. The van der Waals surface area contributed by atoms with E-state index >= 15 is 0 Å². The Kier molecular flexibility index (Phi) is 3.29. The monoisotopic (exact) mass is 211 g/mol. The van der Waals surface area contributed by atoms with Crippen LogP contribution in [0, 0.1) is 11.8 Å². The molecule has 3 heteroatoms. The maximum Gasteiger partial charge on any atom is 0.320 e. The highest BCUT2D eigenvalue weighted by Crippen LogP contribution is 2.34. The molecule has 1 saturated carbocycles. The van der Waals surface area contributed by atoms with Crippen molar-refractivity contribution in [3.05, 3.63) is 0 Å². The van der Waals surface area contributed by atoms with Crippen LogP contribution < -0.4 is 0 Å². The lowest BCUT2D eigenvalue weighted by Crippen LogP contribution is -2.32. The highest BCUT2D eigenvalue weighted by atomic mass is 16.4. The van der Waals surface area contributed by atoms with Crippen molar-refractivity contribution in [2.75, 3.05) is 13.6 Å². The van der Waals surface area contributed by atoms with Crippen molar-refractivity contribution in [1.82, 2.24) is 4.90 Å². The Hall–Kier alpha value is -0.570. The van der Waals surface area contributed by atoms with Crippen LogP contribution in [-0.2, 0) is 4.79 Å². The van der Waals surface area contributed by atoms with Crippen LogP contribution in [0.5, 0.6) is 0 Å². The maximum atomic E-state index is 11.0. The second-order valence-electron chi connectivity index (χ2n) is 5.28. The van der Waals surface area contributed by atoms with E-state index in [0.29, 0.717) is 5.92 Å². The third kappa shape index (κ3) is 2.51. The summed E-state index contributed by atoms with van der Waals surface area (Å²) in [6.45, 7) is 0.980. The molecule has 0 aromatic rings. The number of hydrogen-bond acceptors (Lipinski definition) is 2. The highest BCUT2D eigenvalue weighted by Gasteiger charge is 2.35. The number of likely N-dealkylation sites (N-methyl/N-ethyl adjacent to an activating group) is 1. The lowest BCUT2D eigenvalue weighted by molar-refractivity contribution is -0.141. The molecule has 0 radical (unpaired) electrons. The molecule has 1 N–H and O–H groups in total. The predicted octanol–water partition coefficient (Wildman–Crippen LogP) is 1.97. The quantitative estimate of drug-likeness (QED) is 0.776. The number of nitrogens with zero attached hydrogens (tertiary/aromatic N) is 1. The summed E-state index contributed by atoms with van der Waals surface area (Å²) in [7, 11) is 1.94. The zero-order chi connectivity index (χ0) is 10.8. The van der Waals surface area contributed by atoms with E-state index in [0.717, 1.165) is 18.9 Å². The third-order valence-corrected chi connectivity index (χ3v) is 4.06. The number of rotatable bonds is 3. The molecule has 1 saturated heterocycles. The Morgan fingerprint density at radius 1 is 1.33 bits per heavy atom. The van der Waals surface area contributed by atoms with E-state index in [1.54, 1.807) is 0 Å². The summed E-state index contributed by atoms with van der Waals surface area (Å²) in [6.07, 6.45) is 7.64. The lowest BCUT2D eigenvalue weighted by atomic mass is 9.91. The number of carbonyl (C=O) groups is 1. The van der Waals surface area contributed by atoms with Gasteiger partial charge in [-0.3, -0.25) is 9.69 Å². The molecule has 86 valence electrons. The molecule has 2 rings (SSSR count). The molecule has 0 aromatic carbocycles. The smallest absolute Gasteiger partial charge is 0.320 e. The van der Waals surface area contributed by atoms with Gasteiger partial charge in [0.2, 0.25) is 0 Å². The first-order chi connectivity index (χ1) is 7.16. The molecular formula is C12H21NO2. The number of carboxylic acids is 1. The number of likely N-dealkylation sites (tertiary alicyclic amines) is 1. The molecule has 15 heavy (non-hydrogen) atoms. The van der Waals surface area contributed by atoms with Crippen LogP contribution in [0.1, 0.15) is 38.5 Å². The Morgan fingerprint density at radius 3 is 2.53 bits per heavy atom. The summed E-state index contributed by atoms with van der Waals surface area (Å²) < 4.78 is 0. The average Bonchev–Trinajstić information content (AvgIpc) is 2.75. The zero-order valence-electron chi connectivity index (χ0n) is 9.48. The molecule has 1 unspecified atom stereocenters. The summed E-state index contributed by atoms with van der Waals surface area (Å²) in [6, 6.07) is -0.226. The van der Waals surface area contributed by atoms with Crippen molar-refractivity contribution in [3.63, 3.8) is 0 Å². The molecule has 1 aliphatic carbocycles. The second kappa shape index (κ2) is 4.52. The van der Waals surface area contributed by atoms with Crippen molar-refractivity contribution in [3.8, 4) is 0 Å². The van der Waals surface area contributed by atoms with Crippen LogP contribution in [0.3, 0.4) is 0 Å². The van der Waals surface area contributed by atoms with E-state index in [1.165, 1.54) is 32.1 Å². The molecule has 1 aliphatic heterocycles. The molecule has 1 heterocycles. The van der Waals surface area contributed by atoms with Gasteiger partial charge in [-0.25, -0.2) is 0 Å². The van der Waals surface area contributed by atoms with Gasteiger partial charge in [0, 0.05) is 6.54 Å². The fourth-order valence-electron chi connectivity index (χ4n) is 3.28. The molecular weight excluding hydrogens is 190 g/mol. The summed E-state index contributed by atoms with van der Waals surface area (Å²) in [5, 5.41) is 9.02. The molecule has 2 fully saturated rings. The molecule has 3 nitrogen and oxygen atoms in total. The van der Waals surface area contributed by atoms with E-state index < -0.39 is 5.97 Å². The molecule has 0 aromatic heterocycles. The molecule has 0 spiro atoms. The summed E-state index contributed by atoms with van der Waals surface area (Å²) in [4.78, 5) is 13.0. The zero-order valence-corrected chi connectivity index (χ0v) is 9.48. The molecule has 2 atom stereocenters. The van der Waals surface area contributed by atoms with Crippen LogP contribution in [-0.4, -0.2) is 35.6 Å². The minimum absolute atomic E-state index is 0.226. The first-order valence-corrected chi connectivity index (χ1v) is 6.10. The topological polar surface area (TPSA) is 40.5 Å². The Labute approximate surface area is 91.5 Å². The SMILES string of the molecule is CN1CC(CC2CCCC2)C[C@H]1C(=O)O. The Bertz CT molecular complexity index is 236. The minimum atomic E-state index is -0.647. The van der Waals surface area contributed by atoms with Crippen molar-refractivity contribution >= 4 is 5.97 Å². The molecule has 0 bridgehead atoms. The fraction of sp³-hybridized carbons (Fsp3) is 0.917. The van der Waals surface area contributed by atoms with Crippen molar-refractivity contribution < 1.29 is 9.90 Å². The molecule has 2 aliphatic rings. The van der Waals surface area contributed by atoms with Gasteiger partial charge < -0.3 is 5.11 Å². The van der Waals surface area contributed by atoms with Crippen LogP contribution >= 0.6 is 0 Å². The van der Waals surface area contributed by atoms with E-state index in [9.17, 15) is 4.79 Å². The molecule has 0 amide bonds. The van der Waals surface area contributed by atoms with Gasteiger partial charge in [-0.05, 0) is 31.7 Å². The summed E-state index contributed by atoms with van der Waals surface area (Å²) in [5.41, 5.74) is 0. The minimum Gasteiger partial charge on any atom is -0.480 e. The summed E-state index contributed by atoms with van der Waals surface area (Å²) in [5.74, 6) is 0.863. The van der Waals surface area contributed by atoms with Crippen LogP contribution in [0.25, 0.3) is 0 Å². The number of hydrogen-bond donors (Lipinski definition) is 1. The van der Waals surface area contributed by atoms with Crippen LogP contribution in [0.2, 0.25) is 0 Å². The maximum absolute atomic E-state index is 11.0. The average molecular weight is 211 g/mol. The normalized spacial score (nSPS) is 33.7. The van der Waals surface area contributed by atoms with E-state index in [1.807, 2.05) is 11.9 Å². The Morgan fingerprint density at radius 2 is 2.00 bits per heavy atom. The highest BCUT2D eigenvalue weighted by molar-refractivity contribution is 5.73. The lowest BCUT2D eigenvalue weighted by Gasteiger charge is -2.15. The standard InChI is InChI=1S/C12H21NO2/c1-13-8-10(7-11(13)12(14)15)6-9-4-2-3-5-9/h9-11H,2-8H2,1H3,(H,14,15)/t10?,11-/m0/s1. The number of aliphatic carboxylic acids is 1. The Balaban J connectivity index is 1.82. The fourth-order valence-corrected chi connectivity index (χ4v) is 3.28. The first kappa shape index (κ1) is 10.9. The van der Waals surface area contributed by atoms with Gasteiger partial charge in [-0.1, -0.05) is 25.7 Å². The van der Waals surface area contributed by atoms with Gasteiger partial charge >= 0.3 is 5.97 Å². The van der Waals surface area contributed by atoms with Gasteiger partial charge in [0.05, 0.1) is 0 Å². The summed E-state index contributed by atoms with van der Waals surface area (Å²) >= 11 is 0. The van der Waals surface area contributed by atoms with Gasteiger partial charge in [-0.15, -0.1) is 0 Å². The van der Waals surface area contributed by atoms with Gasteiger partial charge in [0.15, 0.2) is 0 Å². The van der Waals surface area contributed by atoms with Crippen LogP contribution in [0.15, 0.2) is 0 Å². The van der Waals surface area contributed by atoms with E-state index in [-0.39, 0.29) is 6.04 Å². The van der Waals surface area contributed by atoms with Crippen molar-refractivity contribution in [1.29, 1.82) is 0 Å². The van der Waals surface area contributed by atoms with Gasteiger partial charge in [-0.2, -0.15) is 0 Å². The van der Waals surface area contributed by atoms with Gasteiger partial charge in [0.25, 0.3) is 0 Å². The van der Waals surface area contributed by atoms with Crippen molar-refractivity contribution in [2.45, 2.75) is 44.6 Å². The van der Waals surface area contributed by atoms with Crippen molar-refractivity contribution in [2.24, 2.45) is 11.8 Å².